The Balaban J connectivity index is 1.95. The molecule has 2 rings (SSSR count). The summed E-state index contributed by atoms with van der Waals surface area (Å²) >= 11 is 0. The van der Waals surface area contributed by atoms with E-state index in [1.54, 1.807) is 0 Å². The lowest BCUT2D eigenvalue weighted by atomic mass is 10.1. The van der Waals surface area contributed by atoms with Gasteiger partial charge < -0.3 is 4.74 Å². The summed E-state index contributed by atoms with van der Waals surface area (Å²) in [5.41, 5.74) is 5.57. The van der Waals surface area contributed by atoms with E-state index >= 15 is 0 Å². The summed E-state index contributed by atoms with van der Waals surface area (Å²) in [6, 6.07) is 8.03. The Morgan fingerprint density at radius 1 is 1.39 bits per heavy atom. The topological polar surface area (TPSA) is 50.7 Å². The number of carbonyl (C=O) groups excluding carboxylic acids is 1. The quantitative estimate of drug-likeness (QED) is 0.655. The van der Waals surface area contributed by atoms with Crippen molar-refractivity contribution in [2.75, 3.05) is 6.61 Å². The van der Waals surface area contributed by atoms with E-state index in [0.29, 0.717) is 6.61 Å². The zero-order valence-electron chi connectivity index (χ0n) is 10.8. The van der Waals surface area contributed by atoms with Gasteiger partial charge in [0.1, 0.15) is 6.10 Å². The first kappa shape index (κ1) is 12.8. The van der Waals surface area contributed by atoms with Crippen molar-refractivity contribution >= 4 is 11.6 Å². The van der Waals surface area contributed by atoms with Gasteiger partial charge in [-0.2, -0.15) is 5.10 Å². The van der Waals surface area contributed by atoms with Gasteiger partial charge in [0.15, 0.2) is 0 Å². The Hall–Kier alpha value is -1.68. The molecule has 1 atom stereocenters. The minimum Gasteiger partial charge on any atom is -0.368 e. The molecule has 4 nitrogen and oxygen atoms in total. The molecule has 0 aliphatic carbocycles. The third-order valence-electron chi connectivity index (χ3n) is 3.03. The van der Waals surface area contributed by atoms with E-state index in [4.69, 9.17) is 4.74 Å². The molecule has 1 N–H and O–H groups in total. The fourth-order valence-corrected chi connectivity index (χ4v) is 1.85. The molecule has 1 aromatic carbocycles. The molecule has 0 saturated carbocycles. The van der Waals surface area contributed by atoms with Crippen LogP contribution in [0.2, 0.25) is 0 Å². The molecule has 96 valence electrons. The number of benzene rings is 1. The van der Waals surface area contributed by atoms with Gasteiger partial charge in [0, 0.05) is 6.61 Å². The van der Waals surface area contributed by atoms with Crippen LogP contribution in [0.1, 0.15) is 30.9 Å². The van der Waals surface area contributed by atoms with Crippen LogP contribution in [0.4, 0.5) is 0 Å². The first-order valence-electron chi connectivity index (χ1n) is 6.19. The number of hydrogen-bond acceptors (Lipinski definition) is 3. The van der Waals surface area contributed by atoms with E-state index < -0.39 is 0 Å². The number of hydrogen-bond donors (Lipinski definition) is 1. The summed E-state index contributed by atoms with van der Waals surface area (Å²) in [5, 5.41) is 4.11. The predicted molar refractivity (Wildman–Crippen MR) is 70.5 cm³/mol. The second-order valence-corrected chi connectivity index (χ2v) is 4.54. The highest BCUT2D eigenvalue weighted by atomic mass is 16.5. The van der Waals surface area contributed by atoms with Crippen molar-refractivity contribution in [1.29, 1.82) is 0 Å². The van der Waals surface area contributed by atoms with Crippen LogP contribution in [-0.2, 0) is 9.53 Å². The van der Waals surface area contributed by atoms with Crippen molar-refractivity contribution in [3.05, 3.63) is 35.4 Å². The largest absolute Gasteiger partial charge is 0.368 e. The average molecular weight is 246 g/mol. The summed E-state index contributed by atoms with van der Waals surface area (Å²) < 4.78 is 5.29. The highest BCUT2D eigenvalue weighted by molar-refractivity contribution is 5.99. The van der Waals surface area contributed by atoms with Crippen LogP contribution < -0.4 is 5.43 Å². The number of nitrogens with zero attached hydrogens (tertiary/aromatic N) is 1. The molecule has 0 bridgehead atoms. The van der Waals surface area contributed by atoms with Crippen LogP contribution >= 0.6 is 0 Å². The zero-order valence-corrected chi connectivity index (χ0v) is 10.8. The van der Waals surface area contributed by atoms with E-state index in [1.807, 2.05) is 38.1 Å². The van der Waals surface area contributed by atoms with Gasteiger partial charge in [-0.25, -0.2) is 5.43 Å². The van der Waals surface area contributed by atoms with Crippen LogP contribution in [0.25, 0.3) is 0 Å². The summed E-state index contributed by atoms with van der Waals surface area (Å²) in [5.74, 6) is -0.154. The molecule has 1 aliphatic rings. The summed E-state index contributed by atoms with van der Waals surface area (Å²) in [7, 11) is 0. The van der Waals surface area contributed by atoms with E-state index in [9.17, 15) is 4.79 Å². The molecule has 1 aromatic rings. The fraction of sp³-hybridized carbons (Fsp3) is 0.429. The minimum atomic E-state index is -0.334. The number of hydrazone groups is 1. The molecule has 1 heterocycles. The third-order valence-corrected chi connectivity index (χ3v) is 3.03. The molecule has 1 unspecified atom stereocenters. The Labute approximate surface area is 107 Å². The molecule has 0 radical (unpaired) electrons. The van der Waals surface area contributed by atoms with Crippen molar-refractivity contribution < 1.29 is 9.53 Å². The molecular weight excluding hydrogens is 228 g/mol. The number of nitrogens with one attached hydrogen (secondary N) is 1. The van der Waals surface area contributed by atoms with Crippen molar-refractivity contribution in [3.63, 3.8) is 0 Å². The molecule has 0 aromatic heterocycles. The first-order chi connectivity index (χ1) is 8.66. The molecule has 18 heavy (non-hydrogen) atoms. The number of rotatable bonds is 3. The van der Waals surface area contributed by atoms with Gasteiger partial charge in [0.05, 0.1) is 5.71 Å². The van der Waals surface area contributed by atoms with Gasteiger partial charge in [-0.15, -0.1) is 0 Å². The standard InChI is InChI=1S/C14H18N2O2/c1-10-5-7-12(8-6-10)11(2)15-16-14(17)13-4-3-9-18-13/h5-8,13H,3-4,9H2,1-2H3,(H,16,17)/b15-11-. The SMILES string of the molecule is C/C(=N/NC(=O)C1CCCO1)c1ccc(C)cc1. The summed E-state index contributed by atoms with van der Waals surface area (Å²) in [4.78, 5) is 11.7. The molecule has 1 amide bonds. The number of aryl methyl sites for hydroxylation is 1. The first-order valence-corrected chi connectivity index (χ1v) is 6.19. The van der Waals surface area contributed by atoms with Crippen LogP contribution in [0.15, 0.2) is 29.4 Å². The Morgan fingerprint density at radius 3 is 2.72 bits per heavy atom. The lowest BCUT2D eigenvalue weighted by Gasteiger charge is -2.07. The maximum absolute atomic E-state index is 11.7. The highest BCUT2D eigenvalue weighted by Gasteiger charge is 2.23. The van der Waals surface area contributed by atoms with Gasteiger partial charge in [0.25, 0.3) is 5.91 Å². The zero-order chi connectivity index (χ0) is 13.0. The van der Waals surface area contributed by atoms with Crippen molar-refractivity contribution in [3.8, 4) is 0 Å². The van der Waals surface area contributed by atoms with Crippen LogP contribution in [0, 0.1) is 6.92 Å². The van der Waals surface area contributed by atoms with E-state index in [-0.39, 0.29) is 12.0 Å². The highest BCUT2D eigenvalue weighted by Crippen LogP contribution is 2.11. The Bertz CT molecular complexity index is 445. The average Bonchev–Trinajstić information content (AvgIpc) is 2.90. The van der Waals surface area contributed by atoms with E-state index in [1.165, 1.54) is 5.56 Å². The summed E-state index contributed by atoms with van der Waals surface area (Å²) in [6.45, 7) is 4.58. The van der Waals surface area contributed by atoms with Gasteiger partial charge >= 0.3 is 0 Å². The number of carbonyl (C=O) groups is 1. The molecule has 1 fully saturated rings. The molecular formula is C14H18N2O2. The normalized spacial score (nSPS) is 19.9. The summed E-state index contributed by atoms with van der Waals surface area (Å²) in [6.07, 6.45) is 1.39. The molecule has 4 heteroatoms. The van der Waals surface area contributed by atoms with Gasteiger partial charge in [-0.3, -0.25) is 4.79 Å². The van der Waals surface area contributed by atoms with Crippen molar-refractivity contribution in [2.24, 2.45) is 5.10 Å². The number of ether oxygens (including phenoxy) is 1. The van der Waals surface area contributed by atoms with Crippen LogP contribution in [-0.4, -0.2) is 24.3 Å². The molecule has 1 saturated heterocycles. The lowest BCUT2D eigenvalue weighted by Crippen LogP contribution is -2.31. The Kier molecular flexibility index (Phi) is 4.10. The molecule has 0 spiro atoms. The van der Waals surface area contributed by atoms with Crippen LogP contribution in [0.5, 0.6) is 0 Å². The van der Waals surface area contributed by atoms with Crippen molar-refractivity contribution in [2.45, 2.75) is 32.8 Å². The Morgan fingerprint density at radius 2 is 2.11 bits per heavy atom. The second kappa shape index (κ2) is 5.78. The van der Waals surface area contributed by atoms with Gasteiger partial charge in [-0.05, 0) is 32.3 Å². The lowest BCUT2D eigenvalue weighted by molar-refractivity contribution is -0.130. The minimum absolute atomic E-state index is 0.154. The third kappa shape index (κ3) is 3.17. The van der Waals surface area contributed by atoms with Gasteiger partial charge in [0.2, 0.25) is 0 Å². The maximum Gasteiger partial charge on any atom is 0.269 e. The van der Waals surface area contributed by atoms with E-state index in [0.717, 1.165) is 24.1 Å². The monoisotopic (exact) mass is 246 g/mol. The van der Waals surface area contributed by atoms with Crippen LogP contribution in [0.3, 0.4) is 0 Å². The maximum atomic E-state index is 11.7. The smallest absolute Gasteiger partial charge is 0.269 e. The second-order valence-electron chi connectivity index (χ2n) is 4.54. The molecule has 1 aliphatic heterocycles. The van der Waals surface area contributed by atoms with E-state index in [2.05, 4.69) is 10.5 Å². The predicted octanol–water partition coefficient (Wildman–Crippen LogP) is 2.01. The number of amides is 1. The van der Waals surface area contributed by atoms with Gasteiger partial charge in [-0.1, -0.05) is 29.8 Å². The van der Waals surface area contributed by atoms with Crippen molar-refractivity contribution in [1.82, 2.24) is 5.43 Å². The fourth-order valence-electron chi connectivity index (χ4n) is 1.85.